The van der Waals surface area contributed by atoms with Gasteiger partial charge < -0.3 is 24.8 Å². The largest absolute Gasteiger partial charge is 0.497 e. The molecule has 0 spiro atoms. The van der Waals surface area contributed by atoms with Gasteiger partial charge in [0.2, 0.25) is 10.0 Å². The third kappa shape index (κ3) is 5.36. The van der Waals surface area contributed by atoms with Crippen LogP contribution >= 0.6 is 0 Å². The van der Waals surface area contributed by atoms with E-state index >= 15 is 0 Å². The Labute approximate surface area is 186 Å². The van der Waals surface area contributed by atoms with Crippen molar-refractivity contribution in [3.8, 4) is 11.5 Å². The van der Waals surface area contributed by atoms with Crippen molar-refractivity contribution in [3.63, 3.8) is 0 Å². The molecule has 10 nitrogen and oxygen atoms in total. The molecule has 1 fully saturated rings. The van der Waals surface area contributed by atoms with Crippen molar-refractivity contribution < 1.29 is 32.2 Å². The first-order valence-corrected chi connectivity index (χ1v) is 11.3. The summed E-state index contributed by atoms with van der Waals surface area (Å²) in [6, 6.07) is 13.1. The zero-order chi connectivity index (χ0) is 23.1. The molecule has 0 bridgehead atoms. The zero-order valence-corrected chi connectivity index (χ0v) is 18.6. The van der Waals surface area contributed by atoms with Gasteiger partial charge in [-0.3, -0.25) is 9.59 Å². The Morgan fingerprint density at radius 3 is 2.41 bits per heavy atom. The standard InChI is InChI=1S/C21H25N3O7S/c1-29-16-7-9-17(10-8-16)32(27,28)24-11-12-31-19(24)14-23-21(26)20(25)22-13-15-5-3-4-6-18(15)30-2/h3-10,19H,11-14H2,1-2H3,(H,22,25)(H,23,26)/t19-/m0/s1. The second-order valence-corrected chi connectivity index (χ2v) is 8.71. The monoisotopic (exact) mass is 463 g/mol. The lowest BCUT2D eigenvalue weighted by Crippen LogP contribution is -2.47. The van der Waals surface area contributed by atoms with Gasteiger partial charge in [0.05, 0.1) is 32.3 Å². The topological polar surface area (TPSA) is 123 Å². The fourth-order valence-electron chi connectivity index (χ4n) is 3.19. The molecule has 0 radical (unpaired) electrons. The number of para-hydroxylation sites is 1. The van der Waals surface area contributed by atoms with Gasteiger partial charge in [0.25, 0.3) is 0 Å². The van der Waals surface area contributed by atoms with Gasteiger partial charge in [-0.15, -0.1) is 0 Å². The average molecular weight is 464 g/mol. The predicted octanol–water partition coefficient (Wildman–Crippen LogP) is 0.483. The second kappa shape index (κ2) is 10.4. The first-order chi connectivity index (χ1) is 15.4. The lowest BCUT2D eigenvalue weighted by Gasteiger charge is -2.23. The summed E-state index contributed by atoms with van der Waals surface area (Å²) >= 11 is 0. The lowest BCUT2D eigenvalue weighted by molar-refractivity contribution is -0.139. The molecule has 1 aliphatic rings. The van der Waals surface area contributed by atoms with Gasteiger partial charge in [0.15, 0.2) is 0 Å². The Bertz CT molecular complexity index is 1060. The maximum absolute atomic E-state index is 12.9. The number of amides is 2. The lowest BCUT2D eigenvalue weighted by atomic mass is 10.2. The molecule has 1 aliphatic heterocycles. The molecule has 3 rings (SSSR count). The molecule has 0 saturated carbocycles. The number of carbonyl (C=O) groups is 2. The smallest absolute Gasteiger partial charge is 0.309 e. The van der Waals surface area contributed by atoms with Crippen LogP contribution in [0.25, 0.3) is 0 Å². The number of carbonyl (C=O) groups excluding carboxylic acids is 2. The minimum Gasteiger partial charge on any atom is -0.497 e. The summed E-state index contributed by atoms with van der Waals surface area (Å²) in [4.78, 5) is 24.4. The summed E-state index contributed by atoms with van der Waals surface area (Å²) in [7, 11) is -0.844. The normalized spacial score (nSPS) is 16.4. The summed E-state index contributed by atoms with van der Waals surface area (Å²) in [6.07, 6.45) is -0.923. The summed E-state index contributed by atoms with van der Waals surface area (Å²) in [5, 5.41) is 4.94. The molecule has 1 atom stereocenters. The van der Waals surface area contributed by atoms with Crippen LogP contribution in [-0.4, -0.2) is 64.7 Å². The molecule has 172 valence electrons. The van der Waals surface area contributed by atoms with Crippen molar-refractivity contribution >= 4 is 21.8 Å². The first kappa shape index (κ1) is 23.5. The van der Waals surface area contributed by atoms with Crippen molar-refractivity contribution in [1.82, 2.24) is 14.9 Å². The van der Waals surface area contributed by atoms with Crippen LogP contribution in [-0.2, 0) is 30.9 Å². The quantitative estimate of drug-likeness (QED) is 0.546. The van der Waals surface area contributed by atoms with Gasteiger partial charge in [0, 0.05) is 18.7 Å². The number of nitrogens with zero attached hydrogens (tertiary/aromatic N) is 1. The van der Waals surface area contributed by atoms with E-state index in [1.54, 1.807) is 36.4 Å². The highest BCUT2D eigenvalue weighted by molar-refractivity contribution is 7.89. The van der Waals surface area contributed by atoms with E-state index < -0.39 is 28.1 Å². The molecular weight excluding hydrogens is 438 g/mol. The summed E-state index contributed by atoms with van der Waals surface area (Å²) in [5.74, 6) is -0.618. The molecule has 11 heteroatoms. The number of nitrogens with one attached hydrogen (secondary N) is 2. The van der Waals surface area contributed by atoms with Gasteiger partial charge in [-0.2, -0.15) is 4.31 Å². The van der Waals surface area contributed by atoms with E-state index in [1.165, 1.54) is 26.4 Å². The van der Waals surface area contributed by atoms with Crippen molar-refractivity contribution in [2.75, 3.05) is 33.9 Å². The molecule has 2 aromatic carbocycles. The highest BCUT2D eigenvalue weighted by Crippen LogP contribution is 2.24. The molecule has 2 aromatic rings. The number of hydrogen-bond donors (Lipinski definition) is 2. The number of rotatable bonds is 8. The van der Waals surface area contributed by atoms with Crippen LogP contribution in [0.5, 0.6) is 11.5 Å². The SMILES string of the molecule is COc1ccc(S(=O)(=O)N2CCO[C@H]2CNC(=O)C(=O)NCc2ccccc2OC)cc1. The van der Waals surface area contributed by atoms with Crippen LogP contribution in [0.4, 0.5) is 0 Å². The van der Waals surface area contributed by atoms with Gasteiger partial charge in [0.1, 0.15) is 17.7 Å². The van der Waals surface area contributed by atoms with E-state index in [4.69, 9.17) is 14.2 Å². The van der Waals surface area contributed by atoms with Crippen LogP contribution in [0.3, 0.4) is 0 Å². The van der Waals surface area contributed by atoms with Crippen molar-refractivity contribution in [1.29, 1.82) is 0 Å². The Morgan fingerprint density at radius 1 is 1.03 bits per heavy atom. The van der Waals surface area contributed by atoms with E-state index in [9.17, 15) is 18.0 Å². The molecule has 1 saturated heterocycles. The molecule has 2 amide bonds. The fourth-order valence-corrected chi connectivity index (χ4v) is 4.70. The van der Waals surface area contributed by atoms with Crippen molar-refractivity contribution in [2.45, 2.75) is 17.7 Å². The number of ether oxygens (including phenoxy) is 3. The van der Waals surface area contributed by atoms with Crippen LogP contribution < -0.4 is 20.1 Å². The molecule has 0 unspecified atom stereocenters. The highest BCUT2D eigenvalue weighted by atomic mass is 32.2. The number of methoxy groups -OCH3 is 2. The minimum atomic E-state index is -3.85. The van der Waals surface area contributed by atoms with Gasteiger partial charge >= 0.3 is 11.8 Å². The predicted molar refractivity (Wildman–Crippen MR) is 114 cm³/mol. The fraction of sp³-hybridized carbons (Fsp3) is 0.333. The number of sulfonamides is 1. The maximum Gasteiger partial charge on any atom is 0.309 e. The Hall–Kier alpha value is -3.15. The zero-order valence-electron chi connectivity index (χ0n) is 17.7. The van der Waals surface area contributed by atoms with E-state index in [1.807, 2.05) is 0 Å². The van der Waals surface area contributed by atoms with E-state index in [-0.39, 0.29) is 31.1 Å². The Kier molecular flexibility index (Phi) is 7.67. The third-order valence-corrected chi connectivity index (χ3v) is 6.79. The third-order valence-electron chi connectivity index (χ3n) is 4.88. The summed E-state index contributed by atoms with van der Waals surface area (Å²) in [6.45, 7) is 0.245. The molecule has 32 heavy (non-hydrogen) atoms. The van der Waals surface area contributed by atoms with Gasteiger partial charge in [-0.1, -0.05) is 18.2 Å². The van der Waals surface area contributed by atoms with Crippen molar-refractivity contribution in [2.24, 2.45) is 0 Å². The first-order valence-electron chi connectivity index (χ1n) is 9.82. The molecule has 0 aromatic heterocycles. The Morgan fingerprint density at radius 2 is 1.72 bits per heavy atom. The van der Waals surface area contributed by atoms with Crippen LogP contribution in [0.15, 0.2) is 53.4 Å². The Balaban J connectivity index is 1.56. The van der Waals surface area contributed by atoms with Gasteiger partial charge in [-0.25, -0.2) is 8.42 Å². The van der Waals surface area contributed by atoms with Crippen LogP contribution in [0, 0.1) is 0 Å². The van der Waals surface area contributed by atoms with Crippen molar-refractivity contribution in [3.05, 3.63) is 54.1 Å². The van der Waals surface area contributed by atoms with E-state index in [0.717, 1.165) is 4.31 Å². The minimum absolute atomic E-state index is 0.0784. The van der Waals surface area contributed by atoms with E-state index in [0.29, 0.717) is 17.1 Å². The summed E-state index contributed by atoms with van der Waals surface area (Å²) in [5.41, 5.74) is 0.715. The number of hydrogen-bond acceptors (Lipinski definition) is 7. The highest BCUT2D eigenvalue weighted by Gasteiger charge is 2.36. The summed E-state index contributed by atoms with van der Waals surface area (Å²) < 4.78 is 42.8. The average Bonchev–Trinajstić information content (AvgIpc) is 3.30. The van der Waals surface area contributed by atoms with Crippen LogP contribution in [0.1, 0.15) is 5.56 Å². The van der Waals surface area contributed by atoms with Gasteiger partial charge in [-0.05, 0) is 30.3 Å². The molecular formula is C21H25N3O7S. The van der Waals surface area contributed by atoms with Crippen LogP contribution in [0.2, 0.25) is 0 Å². The number of benzene rings is 2. The molecule has 1 heterocycles. The van der Waals surface area contributed by atoms with E-state index in [2.05, 4.69) is 10.6 Å². The molecule has 0 aliphatic carbocycles. The molecule has 2 N–H and O–H groups in total. The maximum atomic E-state index is 12.9. The second-order valence-electron chi connectivity index (χ2n) is 6.82.